The third kappa shape index (κ3) is 6.76. The number of carbonyl (C=O) groups is 2. The van der Waals surface area contributed by atoms with Gasteiger partial charge in [-0.25, -0.2) is 8.42 Å². The predicted molar refractivity (Wildman–Crippen MR) is 99.3 cm³/mol. The van der Waals surface area contributed by atoms with E-state index in [0.29, 0.717) is 13.1 Å². The van der Waals surface area contributed by atoms with E-state index in [1.54, 1.807) is 17.0 Å². The van der Waals surface area contributed by atoms with Crippen LogP contribution in [0.3, 0.4) is 0 Å². The first-order chi connectivity index (χ1) is 12.2. The molecular weight excluding hydrogens is 356 g/mol. The van der Waals surface area contributed by atoms with Crippen LogP contribution in [-0.4, -0.2) is 49.4 Å². The number of nitrogens with zero attached hydrogens (tertiary/aromatic N) is 1. The van der Waals surface area contributed by atoms with E-state index < -0.39 is 22.0 Å². The fraction of sp³-hybridized carbons (Fsp3) is 0.556. The Morgan fingerprint density at radius 3 is 2.12 bits per heavy atom. The van der Waals surface area contributed by atoms with Crippen molar-refractivity contribution in [2.75, 3.05) is 13.1 Å². The molecule has 1 aromatic rings. The number of rotatable bonds is 11. The lowest BCUT2D eigenvalue weighted by Gasteiger charge is -2.27. The van der Waals surface area contributed by atoms with Gasteiger partial charge >= 0.3 is 5.97 Å². The first-order valence-electron chi connectivity index (χ1n) is 8.80. The highest BCUT2D eigenvalue weighted by Gasteiger charge is 2.29. The predicted octanol–water partition coefficient (Wildman–Crippen LogP) is 2.16. The summed E-state index contributed by atoms with van der Waals surface area (Å²) < 4.78 is 27.6. The molecule has 1 aromatic carbocycles. The first-order valence-corrected chi connectivity index (χ1v) is 10.3. The number of carboxylic acids is 1. The summed E-state index contributed by atoms with van der Waals surface area (Å²) in [6.07, 6.45) is 1.09. The zero-order valence-electron chi connectivity index (χ0n) is 15.6. The van der Waals surface area contributed by atoms with Gasteiger partial charge in [-0.3, -0.25) is 9.59 Å². The minimum atomic E-state index is -3.92. The van der Waals surface area contributed by atoms with Gasteiger partial charge in [0.25, 0.3) is 0 Å². The van der Waals surface area contributed by atoms with E-state index in [-0.39, 0.29) is 23.6 Å². The normalized spacial score (nSPS) is 12.6. The van der Waals surface area contributed by atoms with Crippen LogP contribution in [-0.2, 0) is 19.6 Å². The molecule has 0 unspecified atom stereocenters. The minimum absolute atomic E-state index is 0.0498. The Morgan fingerprint density at radius 2 is 1.65 bits per heavy atom. The average Bonchev–Trinajstić information content (AvgIpc) is 2.58. The number of aliphatic carboxylic acids is 1. The first kappa shape index (κ1) is 22.1. The number of amides is 1. The Balaban J connectivity index is 3.06. The lowest BCUT2D eigenvalue weighted by atomic mass is 10.1. The van der Waals surface area contributed by atoms with Crippen molar-refractivity contribution < 1.29 is 23.1 Å². The van der Waals surface area contributed by atoms with Gasteiger partial charge in [0, 0.05) is 19.5 Å². The summed E-state index contributed by atoms with van der Waals surface area (Å²) in [5, 5.41) is 8.93. The highest BCUT2D eigenvalue weighted by molar-refractivity contribution is 7.89. The van der Waals surface area contributed by atoms with Crippen LogP contribution in [0.15, 0.2) is 29.2 Å². The molecule has 1 amide bonds. The zero-order chi connectivity index (χ0) is 19.7. The van der Waals surface area contributed by atoms with Crippen molar-refractivity contribution in [2.45, 2.75) is 57.4 Å². The molecule has 8 heteroatoms. The molecule has 0 saturated heterocycles. The Hall–Kier alpha value is -1.93. The molecule has 0 aliphatic heterocycles. The maximum absolute atomic E-state index is 12.8. The molecule has 2 N–H and O–H groups in total. The fourth-order valence-corrected chi connectivity index (χ4v) is 3.79. The van der Waals surface area contributed by atoms with E-state index >= 15 is 0 Å². The summed E-state index contributed by atoms with van der Waals surface area (Å²) in [4.78, 5) is 25.4. The van der Waals surface area contributed by atoms with Gasteiger partial charge in [-0.15, -0.1) is 0 Å². The maximum Gasteiger partial charge on any atom is 0.303 e. The third-order valence-electron chi connectivity index (χ3n) is 3.87. The highest BCUT2D eigenvalue weighted by Crippen LogP contribution is 2.13. The zero-order valence-corrected chi connectivity index (χ0v) is 16.4. The van der Waals surface area contributed by atoms with Crippen LogP contribution in [0, 0.1) is 6.92 Å². The van der Waals surface area contributed by atoms with Crippen molar-refractivity contribution in [1.29, 1.82) is 0 Å². The Morgan fingerprint density at radius 1 is 1.12 bits per heavy atom. The van der Waals surface area contributed by atoms with Gasteiger partial charge in [-0.2, -0.15) is 4.72 Å². The van der Waals surface area contributed by atoms with E-state index in [4.69, 9.17) is 5.11 Å². The molecule has 146 valence electrons. The van der Waals surface area contributed by atoms with Gasteiger partial charge in [0.15, 0.2) is 0 Å². The number of nitrogens with one attached hydrogen (secondary N) is 1. The molecule has 1 rings (SSSR count). The Labute approximate surface area is 155 Å². The second kappa shape index (κ2) is 10.3. The second-order valence-corrected chi connectivity index (χ2v) is 7.96. The summed E-state index contributed by atoms with van der Waals surface area (Å²) in [5.74, 6) is -1.46. The summed E-state index contributed by atoms with van der Waals surface area (Å²) in [5.41, 5.74) is 0.916. The van der Waals surface area contributed by atoms with Crippen LogP contribution in [0.1, 0.15) is 45.1 Å². The Bertz CT molecular complexity index is 695. The largest absolute Gasteiger partial charge is 0.481 e. The Kier molecular flexibility index (Phi) is 8.74. The minimum Gasteiger partial charge on any atom is -0.481 e. The van der Waals surface area contributed by atoms with Crippen LogP contribution in [0.2, 0.25) is 0 Å². The number of hydrogen-bond donors (Lipinski definition) is 2. The summed E-state index contributed by atoms with van der Waals surface area (Å²) in [6.45, 7) is 6.71. The smallest absolute Gasteiger partial charge is 0.303 e. The molecular formula is C18H28N2O5S. The quantitative estimate of drug-likeness (QED) is 0.608. The van der Waals surface area contributed by atoms with Crippen LogP contribution < -0.4 is 4.72 Å². The molecule has 0 aliphatic rings. The molecule has 0 heterocycles. The molecule has 0 aliphatic carbocycles. The van der Waals surface area contributed by atoms with Crippen LogP contribution in [0.25, 0.3) is 0 Å². The topological polar surface area (TPSA) is 104 Å². The van der Waals surface area contributed by atoms with Crippen LogP contribution in [0.4, 0.5) is 0 Å². The van der Waals surface area contributed by atoms with E-state index in [2.05, 4.69) is 4.72 Å². The molecule has 0 fully saturated rings. The van der Waals surface area contributed by atoms with E-state index in [0.717, 1.165) is 18.4 Å². The number of sulfonamides is 1. The van der Waals surface area contributed by atoms with E-state index in [9.17, 15) is 18.0 Å². The molecule has 0 aromatic heterocycles. The lowest BCUT2D eigenvalue weighted by molar-refractivity contribution is -0.137. The van der Waals surface area contributed by atoms with Gasteiger partial charge in [0.2, 0.25) is 15.9 Å². The van der Waals surface area contributed by atoms with Crippen LogP contribution >= 0.6 is 0 Å². The van der Waals surface area contributed by atoms with Crippen molar-refractivity contribution >= 4 is 21.9 Å². The summed E-state index contributed by atoms with van der Waals surface area (Å²) >= 11 is 0. The van der Waals surface area contributed by atoms with Gasteiger partial charge < -0.3 is 10.0 Å². The summed E-state index contributed by atoms with van der Waals surface area (Å²) in [6, 6.07) is 5.17. The number of aryl methyl sites for hydroxylation is 1. The molecule has 0 saturated carbocycles. The number of carbonyl (C=O) groups excluding carboxylic acids is 1. The van der Waals surface area contributed by atoms with Crippen molar-refractivity contribution in [2.24, 2.45) is 0 Å². The molecule has 0 spiro atoms. The van der Waals surface area contributed by atoms with Crippen molar-refractivity contribution in [3.8, 4) is 0 Å². The summed E-state index contributed by atoms with van der Waals surface area (Å²) in [7, 11) is -3.92. The lowest BCUT2D eigenvalue weighted by Crippen LogP contribution is -2.49. The SMILES string of the molecule is CCCN(CCC)C(=O)[C@H](CCC(=O)O)NS(=O)(=O)c1ccc(C)cc1. The average molecular weight is 384 g/mol. The van der Waals surface area contributed by atoms with Gasteiger partial charge in [0.05, 0.1) is 4.90 Å². The van der Waals surface area contributed by atoms with E-state index in [1.807, 2.05) is 20.8 Å². The van der Waals surface area contributed by atoms with Gasteiger partial charge in [0.1, 0.15) is 6.04 Å². The molecule has 1 atom stereocenters. The molecule has 0 bridgehead atoms. The monoisotopic (exact) mass is 384 g/mol. The van der Waals surface area contributed by atoms with Gasteiger partial charge in [-0.05, 0) is 38.3 Å². The van der Waals surface area contributed by atoms with Crippen molar-refractivity contribution in [3.05, 3.63) is 29.8 Å². The highest BCUT2D eigenvalue weighted by atomic mass is 32.2. The number of benzene rings is 1. The third-order valence-corrected chi connectivity index (χ3v) is 5.36. The van der Waals surface area contributed by atoms with E-state index in [1.165, 1.54) is 12.1 Å². The van der Waals surface area contributed by atoms with Crippen molar-refractivity contribution in [1.82, 2.24) is 9.62 Å². The maximum atomic E-state index is 12.8. The molecule has 26 heavy (non-hydrogen) atoms. The molecule has 7 nitrogen and oxygen atoms in total. The number of carboxylic acid groups (broad SMARTS) is 1. The van der Waals surface area contributed by atoms with Crippen LogP contribution in [0.5, 0.6) is 0 Å². The number of hydrogen-bond acceptors (Lipinski definition) is 4. The van der Waals surface area contributed by atoms with Gasteiger partial charge in [-0.1, -0.05) is 31.5 Å². The standard InChI is InChI=1S/C18H28N2O5S/c1-4-12-20(13-5-2)18(23)16(10-11-17(21)22)19-26(24,25)15-8-6-14(3)7-9-15/h6-9,16,19H,4-5,10-13H2,1-3H3,(H,21,22)/t16-/m0/s1. The molecule has 0 radical (unpaired) electrons. The van der Waals surface area contributed by atoms with Crippen molar-refractivity contribution in [3.63, 3.8) is 0 Å². The fourth-order valence-electron chi connectivity index (χ4n) is 2.57. The second-order valence-electron chi connectivity index (χ2n) is 6.24.